The van der Waals surface area contributed by atoms with Crippen LogP contribution >= 0.6 is 0 Å². The van der Waals surface area contributed by atoms with Crippen molar-refractivity contribution in [2.24, 2.45) is 0 Å². The minimum Gasteiger partial charge on any atom is -0.364 e. The van der Waals surface area contributed by atoms with Crippen molar-refractivity contribution in [3.63, 3.8) is 0 Å². The fraction of sp³-hybridized carbons (Fsp3) is 0.278. The van der Waals surface area contributed by atoms with Crippen molar-refractivity contribution in [1.82, 2.24) is 20.3 Å². The van der Waals surface area contributed by atoms with Gasteiger partial charge in [0.2, 0.25) is 0 Å². The summed E-state index contributed by atoms with van der Waals surface area (Å²) < 4.78 is 6.78. The lowest BCUT2D eigenvalue weighted by atomic mass is 9.92. The number of aromatic nitrogens is 3. The van der Waals surface area contributed by atoms with Gasteiger partial charge in [-0.05, 0) is 24.8 Å². The second-order valence-electron chi connectivity index (χ2n) is 5.99. The number of rotatable bonds is 4. The number of benzene rings is 1. The van der Waals surface area contributed by atoms with Gasteiger partial charge in [-0.1, -0.05) is 35.5 Å². The first-order valence-corrected chi connectivity index (χ1v) is 8.11. The van der Waals surface area contributed by atoms with E-state index in [0.29, 0.717) is 5.69 Å². The maximum Gasteiger partial charge on any atom is 0.273 e. The Morgan fingerprint density at radius 3 is 2.96 bits per heavy atom. The smallest absolute Gasteiger partial charge is 0.273 e. The Bertz CT molecular complexity index is 824. The zero-order valence-electron chi connectivity index (χ0n) is 13.2. The minimum absolute atomic E-state index is 0.0255. The summed E-state index contributed by atoms with van der Waals surface area (Å²) in [5.41, 5.74) is 3.83. The molecule has 6 heteroatoms. The highest BCUT2D eigenvalue weighted by Crippen LogP contribution is 2.30. The number of nitrogens with zero attached hydrogens (tertiary/aromatic N) is 3. The summed E-state index contributed by atoms with van der Waals surface area (Å²) in [6.07, 6.45) is 6.20. The van der Waals surface area contributed by atoms with E-state index in [9.17, 15) is 4.79 Å². The molecular weight excluding hydrogens is 304 g/mol. The molecule has 2 heterocycles. The highest BCUT2D eigenvalue weighted by atomic mass is 16.5. The summed E-state index contributed by atoms with van der Waals surface area (Å²) >= 11 is 0. The molecule has 0 bridgehead atoms. The Morgan fingerprint density at radius 2 is 2.17 bits per heavy atom. The Balaban J connectivity index is 1.54. The fourth-order valence-electron chi connectivity index (χ4n) is 3.22. The normalized spacial score (nSPS) is 16.6. The third-order valence-electron chi connectivity index (χ3n) is 4.41. The topological polar surface area (TPSA) is 73.0 Å². The van der Waals surface area contributed by atoms with Crippen LogP contribution in [-0.2, 0) is 13.0 Å². The van der Waals surface area contributed by atoms with Crippen molar-refractivity contribution in [3.05, 3.63) is 71.4 Å². The van der Waals surface area contributed by atoms with Crippen LogP contribution in [0.25, 0.3) is 0 Å². The van der Waals surface area contributed by atoms with Gasteiger partial charge in [-0.2, -0.15) is 5.10 Å². The molecule has 0 radical (unpaired) electrons. The minimum atomic E-state index is -0.211. The molecule has 122 valence electrons. The van der Waals surface area contributed by atoms with Crippen LogP contribution in [0, 0.1) is 0 Å². The second-order valence-corrected chi connectivity index (χ2v) is 5.99. The van der Waals surface area contributed by atoms with Gasteiger partial charge >= 0.3 is 0 Å². The third-order valence-corrected chi connectivity index (χ3v) is 4.41. The lowest BCUT2D eigenvalue weighted by molar-refractivity contribution is 0.0923. The predicted octanol–water partition coefficient (Wildman–Crippen LogP) is 2.73. The average Bonchev–Trinajstić information content (AvgIpc) is 3.27. The molecular formula is C18H18N4O2. The van der Waals surface area contributed by atoms with Crippen molar-refractivity contribution in [2.75, 3.05) is 0 Å². The Morgan fingerprint density at radius 1 is 1.29 bits per heavy atom. The monoisotopic (exact) mass is 322 g/mol. The summed E-state index contributed by atoms with van der Waals surface area (Å²) in [4.78, 5) is 12.2. The standard InChI is InChI=1S/C18H18N4O2/c23-18(16-9-10-24-21-16)20-15-7-4-8-17-14(15)11-19-22(17)12-13-5-2-1-3-6-13/h1-3,5-6,9-11,15H,4,7-8,12H2,(H,20,23)/t15-/m1/s1. The first-order valence-electron chi connectivity index (χ1n) is 8.11. The average molecular weight is 322 g/mol. The molecule has 1 aromatic carbocycles. The molecule has 1 amide bonds. The molecule has 1 aliphatic rings. The van der Waals surface area contributed by atoms with Crippen LogP contribution in [0.15, 0.2) is 53.4 Å². The highest BCUT2D eigenvalue weighted by Gasteiger charge is 2.26. The molecule has 3 aromatic rings. The quantitative estimate of drug-likeness (QED) is 0.801. The van der Waals surface area contributed by atoms with Crippen molar-refractivity contribution < 1.29 is 9.32 Å². The van der Waals surface area contributed by atoms with Gasteiger partial charge < -0.3 is 9.84 Å². The molecule has 0 fully saturated rings. The number of fused-ring (bicyclic) bond motifs is 1. The van der Waals surface area contributed by atoms with Crippen LogP contribution in [0.4, 0.5) is 0 Å². The lowest BCUT2D eigenvalue weighted by Gasteiger charge is -2.24. The Labute approximate surface area is 139 Å². The number of nitrogens with one attached hydrogen (secondary N) is 1. The second kappa shape index (κ2) is 6.31. The molecule has 24 heavy (non-hydrogen) atoms. The first-order chi connectivity index (χ1) is 11.8. The number of carbonyl (C=O) groups is 1. The molecule has 0 unspecified atom stereocenters. The van der Waals surface area contributed by atoms with E-state index in [4.69, 9.17) is 4.52 Å². The molecule has 1 aliphatic carbocycles. The summed E-state index contributed by atoms with van der Waals surface area (Å²) in [7, 11) is 0. The molecule has 2 aromatic heterocycles. The van der Waals surface area contributed by atoms with E-state index in [-0.39, 0.29) is 11.9 Å². The van der Waals surface area contributed by atoms with E-state index in [1.54, 1.807) is 6.07 Å². The molecule has 0 saturated carbocycles. The van der Waals surface area contributed by atoms with Gasteiger partial charge in [0.25, 0.3) is 5.91 Å². The molecule has 0 spiro atoms. The molecule has 0 aliphatic heterocycles. The van der Waals surface area contributed by atoms with Crippen molar-refractivity contribution >= 4 is 5.91 Å². The summed E-state index contributed by atoms with van der Waals surface area (Å²) in [5.74, 6) is -0.211. The van der Waals surface area contributed by atoms with E-state index >= 15 is 0 Å². The van der Waals surface area contributed by atoms with Gasteiger partial charge in [-0.3, -0.25) is 9.48 Å². The van der Waals surface area contributed by atoms with E-state index < -0.39 is 0 Å². The zero-order chi connectivity index (χ0) is 16.4. The maximum absolute atomic E-state index is 12.2. The van der Waals surface area contributed by atoms with Crippen LogP contribution in [0.1, 0.15) is 46.2 Å². The van der Waals surface area contributed by atoms with Crippen LogP contribution in [-0.4, -0.2) is 20.8 Å². The molecule has 1 atom stereocenters. The van der Waals surface area contributed by atoms with Crippen molar-refractivity contribution in [3.8, 4) is 0 Å². The van der Waals surface area contributed by atoms with Gasteiger partial charge in [-0.15, -0.1) is 0 Å². The summed E-state index contributed by atoms with van der Waals surface area (Å²) in [6, 6.07) is 11.8. The fourth-order valence-corrected chi connectivity index (χ4v) is 3.22. The van der Waals surface area contributed by atoms with Crippen molar-refractivity contribution in [2.45, 2.75) is 31.8 Å². The largest absolute Gasteiger partial charge is 0.364 e. The van der Waals surface area contributed by atoms with Gasteiger partial charge in [0.1, 0.15) is 6.26 Å². The number of amides is 1. The Kier molecular flexibility index (Phi) is 3.86. The number of hydrogen-bond donors (Lipinski definition) is 1. The lowest BCUT2D eigenvalue weighted by Crippen LogP contribution is -2.31. The van der Waals surface area contributed by atoms with Gasteiger partial charge in [0, 0.05) is 17.3 Å². The van der Waals surface area contributed by atoms with Gasteiger partial charge in [0.15, 0.2) is 5.69 Å². The van der Waals surface area contributed by atoms with E-state index in [1.807, 2.05) is 29.1 Å². The highest BCUT2D eigenvalue weighted by molar-refractivity contribution is 5.92. The van der Waals surface area contributed by atoms with E-state index in [0.717, 1.165) is 31.4 Å². The van der Waals surface area contributed by atoms with Crippen LogP contribution in [0.2, 0.25) is 0 Å². The van der Waals surface area contributed by atoms with E-state index in [1.165, 1.54) is 17.5 Å². The summed E-state index contributed by atoms with van der Waals surface area (Å²) in [6.45, 7) is 0.750. The Hall–Kier alpha value is -2.89. The zero-order valence-corrected chi connectivity index (χ0v) is 13.2. The van der Waals surface area contributed by atoms with Gasteiger partial charge in [-0.25, -0.2) is 0 Å². The maximum atomic E-state index is 12.2. The van der Waals surface area contributed by atoms with Crippen LogP contribution < -0.4 is 5.32 Å². The SMILES string of the molecule is O=C(N[C@@H]1CCCc2c1cnn2Cc1ccccc1)c1ccon1. The number of hydrogen-bond acceptors (Lipinski definition) is 4. The number of carbonyl (C=O) groups excluding carboxylic acids is 1. The van der Waals surface area contributed by atoms with E-state index in [2.05, 4.69) is 27.7 Å². The molecule has 6 nitrogen and oxygen atoms in total. The molecule has 1 N–H and O–H groups in total. The van der Waals surface area contributed by atoms with Crippen molar-refractivity contribution in [1.29, 1.82) is 0 Å². The van der Waals surface area contributed by atoms with Gasteiger partial charge in [0.05, 0.1) is 18.8 Å². The van der Waals surface area contributed by atoms with Crippen LogP contribution in [0.3, 0.4) is 0 Å². The summed E-state index contributed by atoms with van der Waals surface area (Å²) in [5, 5.41) is 11.3. The molecule has 4 rings (SSSR count). The third kappa shape index (κ3) is 2.82. The predicted molar refractivity (Wildman–Crippen MR) is 87.4 cm³/mol. The first kappa shape index (κ1) is 14.7. The molecule has 0 saturated heterocycles. The van der Waals surface area contributed by atoms with Crippen LogP contribution in [0.5, 0.6) is 0 Å².